The molecule has 102 valence electrons. The summed E-state index contributed by atoms with van der Waals surface area (Å²) in [5.41, 5.74) is 1.18. The van der Waals surface area contributed by atoms with Crippen molar-refractivity contribution in [3.8, 4) is 0 Å². The highest BCUT2D eigenvalue weighted by Gasteiger charge is 1.99. The predicted molar refractivity (Wildman–Crippen MR) is 78.5 cm³/mol. The Labute approximate surface area is 119 Å². The lowest BCUT2D eigenvalue weighted by Gasteiger charge is -1.98. The van der Waals surface area contributed by atoms with Crippen molar-refractivity contribution in [3.63, 3.8) is 0 Å². The van der Waals surface area contributed by atoms with Gasteiger partial charge in [-0.05, 0) is 30.9 Å². The first-order chi connectivity index (χ1) is 9.22. The second-order valence-corrected chi connectivity index (χ2v) is 4.69. The second-order valence-electron chi connectivity index (χ2n) is 4.42. The van der Waals surface area contributed by atoms with Crippen molar-refractivity contribution in [2.45, 2.75) is 32.1 Å². The van der Waals surface area contributed by atoms with Gasteiger partial charge in [0, 0.05) is 12.8 Å². The fourth-order valence-electron chi connectivity index (χ4n) is 1.69. The molecule has 0 heterocycles. The fourth-order valence-corrected chi connectivity index (χ4v) is 1.83. The molecule has 0 spiro atoms. The third kappa shape index (κ3) is 7.58. The molecule has 2 nitrogen and oxygen atoms in total. The highest BCUT2D eigenvalue weighted by atomic mass is 35.5. The van der Waals surface area contributed by atoms with Crippen molar-refractivity contribution in [2.24, 2.45) is 0 Å². The van der Waals surface area contributed by atoms with Crippen molar-refractivity contribution in [3.05, 3.63) is 48.0 Å². The molecule has 1 rings (SSSR count). The van der Waals surface area contributed by atoms with E-state index in [-0.39, 0.29) is 17.4 Å². The van der Waals surface area contributed by atoms with Crippen LogP contribution in [0.5, 0.6) is 0 Å². The molecule has 0 bridgehead atoms. The number of ketones is 2. The van der Waals surface area contributed by atoms with Crippen LogP contribution in [0.25, 0.3) is 0 Å². The number of aryl methyl sites for hydroxylation is 1. The Morgan fingerprint density at radius 3 is 2.53 bits per heavy atom. The van der Waals surface area contributed by atoms with Crippen LogP contribution in [0, 0.1) is 0 Å². The van der Waals surface area contributed by atoms with Crippen LogP contribution in [0.3, 0.4) is 0 Å². The van der Waals surface area contributed by atoms with Gasteiger partial charge < -0.3 is 0 Å². The zero-order chi connectivity index (χ0) is 13.9. The number of allylic oxidation sites excluding steroid dienone is 2. The third-order valence-corrected chi connectivity index (χ3v) is 3.08. The van der Waals surface area contributed by atoms with Crippen LogP contribution >= 0.6 is 11.6 Å². The number of Topliss-reactive ketones (excluding diaryl/α,β-unsaturated/α-hetero) is 1. The van der Waals surface area contributed by atoms with E-state index < -0.39 is 0 Å². The normalized spacial score (nSPS) is 10.8. The number of benzene rings is 1. The monoisotopic (exact) mass is 278 g/mol. The molecule has 0 saturated carbocycles. The lowest BCUT2D eigenvalue weighted by atomic mass is 10.1. The number of alkyl halides is 1. The molecular formula is C16H19ClO2. The van der Waals surface area contributed by atoms with Crippen molar-refractivity contribution >= 4 is 23.2 Å². The van der Waals surface area contributed by atoms with E-state index in [9.17, 15) is 9.59 Å². The summed E-state index contributed by atoms with van der Waals surface area (Å²) in [6.07, 6.45) is 6.76. The quantitative estimate of drug-likeness (QED) is 0.392. The Hall–Kier alpha value is -1.41. The lowest BCUT2D eigenvalue weighted by molar-refractivity contribution is -0.117. The van der Waals surface area contributed by atoms with Gasteiger partial charge in [-0.2, -0.15) is 0 Å². The number of carbonyl (C=O) groups excluding carboxylic acids is 2. The summed E-state index contributed by atoms with van der Waals surface area (Å²) < 4.78 is 0. The van der Waals surface area contributed by atoms with Crippen LogP contribution in [0.4, 0.5) is 0 Å². The van der Waals surface area contributed by atoms with E-state index in [1.807, 2.05) is 36.4 Å². The number of carbonyl (C=O) groups is 2. The van der Waals surface area contributed by atoms with E-state index in [4.69, 9.17) is 11.6 Å². The van der Waals surface area contributed by atoms with Crippen molar-refractivity contribution in [1.29, 1.82) is 0 Å². The highest BCUT2D eigenvalue weighted by Crippen LogP contribution is 2.04. The number of hydrogen-bond acceptors (Lipinski definition) is 2. The van der Waals surface area contributed by atoms with E-state index in [2.05, 4.69) is 0 Å². The topological polar surface area (TPSA) is 34.1 Å². The Kier molecular flexibility index (Phi) is 7.83. The second kappa shape index (κ2) is 9.51. The van der Waals surface area contributed by atoms with E-state index >= 15 is 0 Å². The summed E-state index contributed by atoms with van der Waals surface area (Å²) >= 11 is 5.39. The molecule has 0 aliphatic rings. The van der Waals surface area contributed by atoms with Crippen LogP contribution < -0.4 is 0 Å². The zero-order valence-corrected chi connectivity index (χ0v) is 11.7. The van der Waals surface area contributed by atoms with Gasteiger partial charge in [-0.3, -0.25) is 9.59 Å². The van der Waals surface area contributed by atoms with E-state index in [0.717, 1.165) is 19.3 Å². The van der Waals surface area contributed by atoms with Crippen molar-refractivity contribution < 1.29 is 9.59 Å². The number of unbranched alkanes of at least 4 members (excludes halogenated alkanes) is 1. The Morgan fingerprint density at radius 2 is 1.84 bits per heavy atom. The summed E-state index contributed by atoms with van der Waals surface area (Å²) in [4.78, 5) is 22.5. The smallest absolute Gasteiger partial charge is 0.155 e. The molecule has 0 fully saturated rings. The molecule has 0 radical (unpaired) electrons. The van der Waals surface area contributed by atoms with E-state index in [1.54, 1.807) is 6.08 Å². The summed E-state index contributed by atoms with van der Waals surface area (Å²) in [7, 11) is 0. The molecule has 0 aliphatic carbocycles. The molecule has 19 heavy (non-hydrogen) atoms. The molecule has 0 aromatic heterocycles. The first-order valence-corrected chi connectivity index (χ1v) is 7.07. The Morgan fingerprint density at radius 1 is 1.11 bits per heavy atom. The van der Waals surface area contributed by atoms with Gasteiger partial charge in [0.15, 0.2) is 5.78 Å². The molecule has 0 atom stereocenters. The molecule has 0 N–H and O–H groups in total. The minimum Gasteiger partial charge on any atom is -0.298 e. The largest absolute Gasteiger partial charge is 0.298 e. The maximum absolute atomic E-state index is 11.6. The van der Waals surface area contributed by atoms with Crippen LogP contribution in [-0.2, 0) is 16.0 Å². The van der Waals surface area contributed by atoms with Crippen LogP contribution in [0.2, 0.25) is 0 Å². The first-order valence-electron chi connectivity index (χ1n) is 6.53. The maximum Gasteiger partial charge on any atom is 0.155 e. The van der Waals surface area contributed by atoms with Gasteiger partial charge in [-0.15, -0.1) is 11.6 Å². The average Bonchev–Trinajstić information content (AvgIpc) is 2.45. The van der Waals surface area contributed by atoms with Gasteiger partial charge in [0.05, 0.1) is 5.88 Å². The van der Waals surface area contributed by atoms with Gasteiger partial charge >= 0.3 is 0 Å². The molecule has 0 saturated heterocycles. The number of hydrogen-bond donors (Lipinski definition) is 0. The van der Waals surface area contributed by atoms with Gasteiger partial charge in [-0.25, -0.2) is 0 Å². The minimum absolute atomic E-state index is 0.0606. The Bertz CT molecular complexity index is 424. The van der Waals surface area contributed by atoms with Crippen LogP contribution in [-0.4, -0.2) is 17.4 Å². The van der Waals surface area contributed by atoms with Gasteiger partial charge in [0.25, 0.3) is 0 Å². The molecular weight excluding hydrogens is 260 g/mol. The summed E-state index contributed by atoms with van der Waals surface area (Å²) in [5, 5.41) is 0. The van der Waals surface area contributed by atoms with Gasteiger partial charge in [0.2, 0.25) is 0 Å². The van der Waals surface area contributed by atoms with Crippen LogP contribution in [0.1, 0.15) is 31.2 Å². The first kappa shape index (κ1) is 15.6. The van der Waals surface area contributed by atoms with E-state index in [0.29, 0.717) is 12.8 Å². The summed E-state index contributed by atoms with van der Waals surface area (Å²) in [6, 6.07) is 9.96. The molecule has 3 heteroatoms. The predicted octanol–water partition coefficient (Wildman–Crippen LogP) is 3.72. The van der Waals surface area contributed by atoms with Crippen molar-refractivity contribution in [2.75, 3.05) is 5.88 Å². The number of rotatable bonds is 9. The summed E-state index contributed by atoms with van der Waals surface area (Å²) in [6.45, 7) is 0. The van der Waals surface area contributed by atoms with Crippen molar-refractivity contribution in [1.82, 2.24) is 0 Å². The zero-order valence-electron chi connectivity index (χ0n) is 11.0. The van der Waals surface area contributed by atoms with Gasteiger partial charge in [0.1, 0.15) is 5.78 Å². The highest BCUT2D eigenvalue weighted by molar-refractivity contribution is 6.27. The summed E-state index contributed by atoms with van der Waals surface area (Å²) in [5.74, 6) is 0.276. The standard InChI is InChI=1S/C16H19ClO2/c17-13-16(19)10-6-2-5-9-15(18)12-11-14-7-3-1-4-8-14/h1,3-5,7-9H,2,6,10-13H2/b9-5+. The Balaban J connectivity index is 2.15. The molecule has 1 aromatic rings. The fraction of sp³-hybridized carbons (Fsp3) is 0.375. The average molecular weight is 279 g/mol. The molecule has 0 unspecified atom stereocenters. The molecule has 0 amide bonds. The SMILES string of the molecule is O=C(/C=C/CCCC(=O)CCl)CCc1ccccc1. The number of halogens is 1. The maximum atomic E-state index is 11.6. The molecule has 1 aromatic carbocycles. The third-order valence-electron chi connectivity index (χ3n) is 2.78. The molecule has 0 aliphatic heterocycles. The lowest BCUT2D eigenvalue weighted by Crippen LogP contribution is -1.98. The minimum atomic E-state index is 0.0606. The van der Waals surface area contributed by atoms with Crippen LogP contribution in [0.15, 0.2) is 42.5 Å². The van der Waals surface area contributed by atoms with E-state index in [1.165, 1.54) is 5.56 Å². The van der Waals surface area contributed by atoms with Gasteiger partial charge in [-0.1, -0.05) is 36.4 Å².